The van der Waals surface area contributed by atoms with Crippen LogP contribution in [-0.2, 0) is 4.79 Å². The molecule has 0 atom stereocenters. The van der Waals surface area contributed by atoms with Crippen LogP contribution in [-0.4, -0.2) is 54.3 Å². The van der Waals surface area contributed by atoms with Gasteiger partial charge >= 0.3 is 0 Å². The Balaban J connectivity index is 1.51. The molecule has 0 aromatic heterocycles. The summed E-state index contributed by atoms with van der Waals surface area (Å²) in [4.78, 5) is 42.8. The van der Waals surface area contributed by atoms with Crippen molar-refractivity contribution in [2.45, 2.75) is 65.5 Å². The molecule has 2 heterocycles. The molecule has 7 heteroatoms. The number of anilines is 2. The molecule has 7 nitrogen and oxygen atoms in total. The Hall–Kier alpha value is -3.19. The second-order valence-corrected chi connectivity index (χ2v) is 10.0. The van der Waals surface area contributed by atoms with Crippen molar-refractivity contribution in [2.24, 2.45) is 0 Å². The van der Waals surface area contributed by atoms with Crippen molar-refractivity contribution in [3.05, 3.63) is 58.7 Å². The highest BCUT2D eigenvalue weighted by atomic mass is 16.2. The summed E-state index contributed by atoms with van der Waals surface area (Å²) in [5.74, 6) is -0.383. The lowest BCUT2D eigenvalue weighted by molar-refractivity contribution is -0.117. The number of carbonyl (C=O) groups is 3. The maximum Gasteiger partial charge on any atom is 0.255 e. The topological polar surface area (TPSA) is 81.8 Å². The van der Waals surface area contributed by atoms with Gasteiger partial charge in [0.1, 0.15) is 0 Å². The first-order valence-corrected chi connectivity index (χ1v) is 12.6. The lowest BCUT2D eigenvalue weighted by Crippen LogP contribution is -2.46. The number of hydrogen-bond acceptors (Lipinski definition) is 4. The quantitative estimate of drug-likeness (QED) is 0.652. The van der Waals surface area contributed by atoms with E-state index in [1.807, 2.05) is 32.0 Å². The first-order chi connectivity index (χ1) is 16.7. The van der Waals surface area contributed by atoms with Crippen LogP contribution >= 0.6 is 0 Å². The minimum Gasteiger partial charge on any atom is -0.349 e. The van der Waals surface area contributed by atoms with Gasteiger partial charge in [-0.2, -0.15) is 0 Å². The van der Waals surface area contributed by atoms with Gasteiger partial charge in [-0.05, 0) is 82.3 Å². The SMILES string of the molecule is Cc1cc(C)c(NC(=O)c2cccc(N3CCCC3=O)c2)c(C(=O)NC2CCN(C(C)C)CC2)c1. The van der Waals surface area contributed by atoms with Gasteiger partial charge in [0.15, 0.2) is 0 Å². The molecule has 0 aliphatic carbocycles. The molecular formula is C28H36N4O3. The molecule has 4 rings (SSSR count). The Labute approximate surface area is 207 Å². The van der Waals surface area contributed by atoms with Crippen LogP contribution in [0.3, 0.4) is 0 Å². The third-order valence-electron chi connectivity index (χ3n) is 7.05. The van der Waals surface area contributed by atoms with Gasteiger partial charge in [0, 0.05) is 49.4 Å². The molecule has 0 bridgehead atoms. The molecule has 2 aromatic rings. The number of aryl methyl sites for hydroxylation is 2. The lowest BCUT2D eigenvalue weighted by atomic mass is 10.00. The summed E-state index contributed by atoms with van der Waals surface area (Å²) in [5, 5.41) is 6.17. The first kappa shape index (κ1) is 24.9. The largest absolute Gasteiger partial charge is 0.349 e. The molecule has 2 aromatic carbocycles. The average molecular weight is 477 g/mol. The van der Waals surface area contributed by atoms with Crippen LogP contribution < -0.4 is 15.5 Å². The summed E-state index contributed by atoms with van der Waals surface area (Å²) < 4.78 is 0. The predicted octanol–water partition coefficient (Wildman–Crippen LogP) is 4.29. The minimum absolute atomic E-state index is 0.0788. The predicted molar refractivity (Wildman–Crippen MR) is 139 cm³/mol. The van der Waals surface area contributed by atoms with Gasteiger partial charge in [-0.3, -0.25) is 14.4 Å². The van der Waals surface area contributed by atoms with E-state index in [0.29, 0.717) is 35.8 Å². The van der Waals surface area contributed by atoms with E-state index in [1.54, 1.807) is 23.1 Å². The van der Waals surface area contributed by atoms with Gasteiger partial charge < -0.3 is 20.4 Å². The van der Waals surface area contributed by atoms with Gasteiger partial charge in [0.2, 0.25) is 5.91 Å². The van der Waals surface area contributed by atoms with Gasteiger partial charge in [-0.25, -0.2) is 0 Å². The summed E-state index contributed by atoms with van der Waals surface area (Å²) in [6.07, 6.45) is 3.19. The van der Waals surface area contributed by atoms with Crippen molar-refractivity contribution in [3.8, 4) is 0 Å². The number of amides is 3. The molecule has 35 heavy (non-hydrogen) atoms. The fourth-order valence-corrected chi connectivity index (χ4v) is 5.06. The summed E-state index contributed by atoms with van der Waals surface area (Å²) >= 11 is 0. The number of nitrogens with zero attached hydrogens (tertiary/aromatic N) is 2. The second kappa shape index (κ2) is 10.6. The summed E-state index contributed by atoms with van der Waals surface area (Å²) in [6.45, 7) is 10.8. The Bertz CT molecular complexity index is 1120. The van der Waals surface area contributed by atoms with Gasteiger partial charge in [0.25, 0.3) is 11.8 Å². The smallest absolute Gasteiger partial charge is 0.255 e. The normalized spacial score (nSPS) is 17.2. The molecule has 2 fully saturated rings. The fraction of sp³-hybridized carbons (Fsp3) is 0.464. The first-order valence-electron chi connectivity index (χ1n) is 12.6. The van der Waals surface area contributed by atoms with Crippen LogP contribution in [0.2, 0.25) is 0 Å². The molecule has 0 unspecified atom stereocenters. The van der Waals surface area contributed by atoms with E-state index in [9.17, 15) is 14.4 Å². The van der Waals surface area contributed by atoms with E-state index in [0.717, 1.165) is 49.2 Å². The average Bonchev–Trinajstić information content (AvgIpc) is 3.26. The minimum atomic E-state index is -0.301. The lowest BCUT2D eigenvalue weighted by Gasteiger charge is -2.35. The van der Waals surface area contributed by atoms with E-state index in [-0.39, 0.29) is 23.8 Å². The number of piperidine rings is 1. The zero-order chi connectivity index (χ0) is 25.1. The zero-order valence-electron chi connectivity index (χ0n) is 21.2. The van der Waals surface area contributed by atoms with Crippen LogP contribution in [0, 0.1) is 13.8 Å². The Morgan fingerprint density at radius 2 is 1.74 bits per heavy atom. The maximum absolute atomic E-state index is 13.3. The highest BCUT2D eigenvalue weighted by molar-refractivity contribution is 6.10. The third-order valence-corrected chi connectivity index (χ3v) is 7.05. The van der Waals surface area contributed by atoms with Crippen molar-refractivity contribution in [1.82, 2.24) is 10.2 Å². The van der Waals surface area contributed by atoms with Crippen molar-refractivity contribution < 1.29 is 14.4 Å². The number of nitrogens with one attached hydrogen (secondary N) is 2. The van der Waals surface area contributed by atoms with Gasteiger partial charge in [-0.1, -0.05) is 12.1 Å². The summed E-state index contributed by atoms with van der Waals surface area (Å²) in [7, 11) is 0. The molecule has 0 spiro atoms. The molecule has 186 valence electrons. The number of likely N-dealkylation sites (tertiary alicyclic amines) is 1. The van der Waals surface area contributed by atoms with Crippen LogP contribution in [0.25, 0.3) is 0 Å². The van der Waals surface area contributed by atoms with Crippen molar-refractivity contribution in [1.29, 1.82) is 0 Å². The number of hydrogen-bond donors (Lipinski definition) is 2. The van der Waals surface area contributed by atoms with Crippen LogP contribution in [0.1, 0.15) is 71.4 Å². The van der Waals surface area contributed by atoms with Gasteiger partial charge in [0.05, 0.1) is 11.3 Å². The fourth-order valence-electron chi connectivity index (χ4n) is 5.06. The number of benzene rings is 2. The summed E-state index contributed by atoms with van der Waals surface area (Å²) in [5.41, 5.74) is 3.99. The maximum atomic E-state index is 13.3. The Morgan fingerprint density at radius 3 is 2.40 bits per heavy atom. The van der Waals surface area contributed by atoms with E-state index >= 15 is 0 Å². The van der Waals surface area contributed by atoms with E-state index in [4.69, 9.17) is 0 Å². The van der Waals surface area contributed by atoms with Crippen molar-refractivity contribution in [3.63, 3.8) is 0 Å². The molecular weight excluding hydrogens is 440 g/mol. The number of rotatable bonds is 6. The molecule has 2 saturated heterocycles. The number of carbonyl (C=O) groups excluding carboxylic acids is 3. The Morgan fingerprint density at radius 1 is 1.00 bits per heavy atom. The Kier molecular flexibility index (Phi) is 7.55. The van der Waals surface area contributed by atoms with Crippen LogP contribution in [0.5, 0.6) is 0 Å². The van der Waals surface area contributed by atoms with E-state index < -0.39 is 0 Å². The second-order valence-electron chi connectivity index (χ2n) is 10.0. The molecule has 0 radical (unpaired) electrons. The van der Waals surface area contributed by atoms with Crippen LogP contribution in [0.15, 0.2) is 36.4 Å². The van der Waals surface area contributed by atoms with Crippen molar-refractivity contribution >= 4 is 29.1 Å². The van der Waals surface area contributed by atoms with Crippen molar-refractivity contribution in [2.75, 3.05) is 29.9 Å². The highest BCUT2D eigenvalue weighted by Gasteiger charge is 2.25. The summed E-state index contributed by atoms with van der Waals surface area (Å²) in [6, 6.07) is 11.5. The zero-order valence-corrected chi connectivity index (χ0v) is 21.2. The highest BCUT2D eigenvalue weighted by Crippen LogP contribution is 2.26. The molecule has 2 aliphatic rings. The standard InChI is InChI=1S/C28H36N4O3/c1-18(2)31-13-10-22(11-14-31)29-28(35)24-16-19(3)15-20(4)26(24)30-27(34)21-7-5-8-23(17-21)32-12-6-9-25(32)33/h5,7-8,15-18,22H,6,9-14H2,1-4H3,(H,29,35)(H,30,34). The molecule has 0 saturated carbocycles. The monoisotopic (exact) mass is 476 g/mol. The van der Waals surface area contributed by atoms with E-state index in [1.165, 1.54) is 0 Å². The molecule has 2 aliphatic heterocycles. The van der Waals surface area contributed by atoms with Crippen LogP contribution in [0.4, 0.5) is 11.4 Å². The molecule has 2 N–H and O–H groups in total. The third kappa shape index (κ3) is 5.73. The van der Waals surface area contributed by atoms with E-state index in [2.05, 4.69) is 29.4 Å². The molecule has 3 amide bonds. The van der Waals surface area contributed by atoms with Gasteiger partial charge in [-0.15, -0.1) is 0 Å².